The van der Waals surface area contributed by atoms with Crippen LogP contribution < -0.4 is 22.1 Å². The number of fused-ring (bicyclic) bond motifs is 2. The molecule has 2 aliphatic rings. The van der Waals surface area contributed by atoms with Crippen molar-refractivity contribution in [3.63, 3.8) is 0 Å². The Bertz CT molecular complexity index is 1110. The molecular weight excluding hydrogens is 434 g/mol. The molecule has 1 aliphatic heterocycles. The first-order chi connectivity index (χ1) is 16.5. The van der Waals surface area contributed by atoms with Gasteiger partial charge < -0.3 is 4.90 Å². The Morgan fingerprint density at radius 2 is 1.94 bits per heavy atom. The molecule has 3 heterocycles. The number of rotatable bonds is 5. The van der Waals surface area contributed by atoms with Gasteiger partial charge in [-0.15, -0.1) is 0 Å². The molecule has 34 heavy (non-hydrogen) atoms. The minimum absolute atomic E-state index is 0.0750. The van der Waals surface area contributed by atoms with E-state index in [1.165, 1.54) is 16.1 Å². The molecule has 1 unspecified atom stereocenters. The smallest absolute Gasteiger partial charge is 0.230 e. The van der Waals surface area contributed by atoms with E-state index >= 15 is 0 Å². The van der Waals surface area contributed by atoms with Crippen molar-refractivity contribution in [3.8, 4) is 0 Å². The first kappa shape index (κ1) is 24.0. The van der Waals surface area contributed by atoms with Crippen LogP contribution in [0.15, 0.2) is 35.1 Å². The highest BCUT2D eigenvalue weighted by Crippen LogP contribution is 2.35. The van der Waals surface area contributed by atoms with E-state index in [4.69, 9.17) is 10.5 Å². The number of nitrogens with zero attached hydrogens (tertiary/aromatic N) is 6. The summed E-state index contributed by atoms with van der Waals surface area (Å²) >= 11 is 0. The Hall–Kier alpha value is -3.12. The average Bonchev–Trinajstić information content (AvgIpc) is 3.49. The molecule has 2 aromatic heterocycles. The van der Waals surface area contributed by atoms with Crippen molar-refractivity contribution in [2.75, 3.05) is 51.8 Å². The molecule has 1 amide bonds. The second kappa shape index (κ2) is 10.9. The number of carbonyl (C=O) groups is 1. The predicted molar refractivity (Wildman–Crippen MR) is 130 cm³/mol. The van der Waals surface area contributed by atoms with Crippen LogP contribution in [0.2, 0.25) is 0 Å². The first-order valence-electron chi connectivity index (χ1n) is 11.6. The number of anilines is 1. The van der Waals surface area contributed by atoms with E-state index in [1.807, 2.05) is 29.3 Å². The van der Waals surface area contributed by atoms with Crippen LogP contribution in [0.1, 0.15) is 29.0 Å². The van der Waals surface area contributed by atoms with Crippen LogP contribution in [-0.2, 0) is 17.6 Å². The average molecular weight is 468 g/mol. The molecule has 11 nitrogen and oxygen atoms in total. The zero-order valence-electron chi connectivity index (χ0n) is 19.8. The summed E-state index contributed by atoms with van der Waals surface area (Å²) in [4.78, 5) is 22.0. The standard InChI is InChI=1S/C22H27N7O2.CH6N2/c1-27(23)21-13-16-3-4-17(18(16)14-24-21)22(30)29-10-8-28(9-11-29)7-6-15-2-5-19-20(12-15)26-31-25-19;1-3-2/h2,5,12-14,17H,3-4,6-11,23H2,1H3;3H,2H2,1H3. The molecule has 1 aliphatic carbocycles. The summed E-state index contributed by atoms with van der Waals surface area (Å²) in [6, 6.07) is 8.06. The number of nitrogens with two attached hydrogens (primary N) is 2. The highest BCUT2D eigenvalue weighted by molar-refractivity contribution is 5.85. The zero-order valence-corrected chi connectivity index (χ0v) is 19.8. The Labute approximate surface area is 199 Å². The molecule has 1 fully saturated rings. The van der Waals surface area contributed by atoms with Crippen LogP contribution in [-0.4, -0.2) is 77.8 Å². The van der Waals surface area contributed by atoms with Crippen molar-refractivity contribution in [1.29, 1.82) is 0 Å². The SMILES string of the molecule is CN(N)c1cc2c(cn1)C(C(=O)N1CCN(CCc3ccc4nonc4c3)CC1)CC2.CNN. The van der Waals surface area contributed by atoms with E-state index in [9.17, 15) is 4.79 Å². The molecular formula is C23H33N9O2. The van der Waals surface area contributed by atoms with E-state index in [0.29, 0.717) is 0 Å². The maximum absolute atomic E-state index is 13.2. The monoisotopic (exact) mass is 467 g/mol. The second-order valence-electron chi connectivity index (χ2n) is 8.74. The normalized spacial score (nSPS) is 17.9. The quantitative estimate of drug-likeness (QED) is 0.357. The number of hydrogen-bond acceptors (Lipinski definition) is 10. The molecule has 1 aromatic carbocycles. The molecule has 1 atom stereocenters. The lowest BCUT2D eigenvalue weighted by Crippen LogP contribution is -2.50. The maximum Gasteiger partial charge on any atom is 0.230 e. The number of hydrogen-bond donors (Lipinski definition) is 3. The molecule has 11 heteroatoms. The number of aryl methyl sites for hydroxylation is 1. The number of pyridine rings is 1. The lowest BCUT2D eigenvalue weighted by molar-refractivity contribution is -0.134. The lowest BCUT2D eigenvalue weighted by atomic mass is 10.0. The number of carbonyl (C=O) groups excluding carboxylic acids is 1. The minimum atomic E-state index is -0.0750. The third kappa shape index (κ3) is 5.33. The van der Waals surface area contributed by atoms with Crippen LogP contribution in [0.5, 0.6) is 0 Å². The molecule has 5 rings (SSSR count). The van der Waals surface area contributed by atoms with E-state index in [-0.39, 0.29) is 11.8 Å². The Morgan fingerprint density at radius 1 is 1.21 bits per heavy atom. The lowest BCUT2D eigenvalue weighted by Gasteiger charge is -2.36. The van der Waals surface area contributed by atoms with Gasteiger partial charge in [0.25, 0.3) is 0 Å². The number of aromatic nitrogens is 3. The molecule has 3 aromatic rings. The van der Waals surface area contributed by atoms with Gasteiger partial charge in [0.2, 0.25) is 5.91 Å². The number of piperazine rings is 1. The number of nitrogens with one attached hydrogen (secondary N) is 1. The molecule has 0 radical (unpaired) electrons. The largest absolute Gasteiger partial charge is 0.340 e. The van der Waals surface area contributed by atoms with Gasteiger partial charge in [-0.2, -0.15) is 0 Å². The summed E-state index contributed by atoms with van der Waals surface area (Å²) in [5.74, 6) is 11.3. The van der Waals surface area contributed by atoms with Crippen LogP contribution in [0.3, 0.4) is 0 Å². The summed E-state index contributed by atoms with van der Waals surface area (Å²) in [5.41, 5.74) is 7.31. The number of benzene rings is 1. The van der Waals surface area contributed by atoms with Crippen LogP contribution in [0.25, 0.3) is 11.0 Å². The molecule has 5 N–H and O–H groups in total. The third-order valence-electron chi connectivity index (χ3n) is 6.47. The van der Waals surface area contributed by atoms with E-state index < -0.39 is 0 Å². The van der Waals surface area contributed by atoms with Crippen LogP contribution in [0, 0.1) is 0 Å². The molecule has 1 saturated heterocycles. The predicted octanol–water partition coefficient (Wildman–Crippen LogP) is 0.424. The van der Waals surface area contributed by atoms with Crippen molar-refractivity contribution >= 4 is 22.8 Å². The van der Waals surface area contributed by atoms with Crippen LogP contribution in [0.4, 0.5) is 5.82 Å². The summed E-state index contributed by atoms with van der Waals surface area (Å²) in [6.07, 6.45) is 4.53. The van der Waals surface area contributed by atoms with Gasteiger partial charge in [0.05, 0.1) is 5.92 Å². The van der Waals surface area contributed by atoms with Gasteiger partial charge >= 0.3 is 0 Å². The van der Waals surface area contributed by atoms with Gasteiger partial charge in [-0.05, 0) is 71.5 Å². The van der Waals surface area contributed by atoms with Gasteiger partial charge in [-0.25, -0.2) is 15.5 Å². The van der Waals surface area contributed by atoms with Crippen molar-refractivity contribution < 1.29 is 9.42 Å². The molecule has 0 spiro atoms. The van der Waals surface area contributed by atoms with Crippen molar-refractivity contribution in [3.05, 3.63) is 47.2 Å². The summed E-state index contributed by atoms with van der Waals surface area (Å²) in [7, 11) is 3.43. The number of amides is 1. The molecule has 0 saturated carbocycles. The van der Waals surface area contributed by atoms with Gasteiger partial charge in [-0.3, -0.25) is 26.0 Å². The fraction of sp³-hybridized carbons (Fsp3) is 0.478. The molecule has 0 bridgehead atoms. The maximum atomic E-state index is 13.2. The minimum Gasteiger partial charge on any atom is -0.340 e. The highest BCUT2D eigenvalue weighted by atomic mass is 16.6. The highest BCUT2D eigenvalue weighted by Gasteiger charge is 2.33. The van der Waals surface area contributed by atoms with Gasteiger partial charge in [0, 0.05) is 46.0 Å². The fourth-order valence-electron chi connectivity index (χ4n) is 4.61. The number of hydrazine groups is 2. The summed E-state index contributed by atoms with van der Waals surface area (Å²) < 4.78 is 4.77. The van der Waals surface area contributed by atoms with Gasteiger partial charge in [0.15, 0.2) is 0 Å². The fourth-order valence-corrected chi connectivity index (χ4v) is 4.61. The molecule has 182 valence electrons. The Kier molecular flexibility index (Phi) is 7.68. The summed E-state index contributed by atoms with van der Waals surface area (Å²) in [6.45, 7) is 4.30. The second-order valence-corrected chi connectivity index (χ2v) is 8.74. The van der Waals surface area contributed by atoms with Gasteiger partial charge in [-0.1, -0.05) is 6.07 Å². The van der Waals surface area contributed by atoms with E-state index in [1.54, 1.807) is 14.1 Å². The van der Waals surface area contributed by atoms with E-state index in [2.05, 4.69) is 37.5 Å². The van der Waals surface area contributed by atoms with Crippen molar-refractivity contribution in [2.24, 2.45) is 11.7 Å². The summed E-state index contributed by atoms with van der Waals surface area (Å²) in [5, 5.41) is 9.27. The van der Waals surface area contributed by atoms with Crippen LogP contribution >= 0.6 is 0 Å². The van der Waals surface area contributed by atoms with Gasteiger partial charge in [0.1, 0.15) is 16.9 Å². The third-order valence-corrected chi connectivity index (χ3v) is 6.47. The zero-order chi connectivity index (χ0) is 24.1. The Morgan fingerprint density at radius 3 is 2.68 bits per heavy atom. The van der Waals surface area contributed by atoms with Crippen molar-refractivity contribution in [2.45, 2.75) is 25.2 Å². The first-order valence-corrected chi connectivity index (χ1v) is 11.6. The Balaban J connectivity index is 0.000000868. The topological polar surface area (TPSA) is 143 Å². The van der Waals surface area contributed by atoms with E-state index in [0.717, 1.165) is 74.4 Å². The van der Waals surface area contributed by atoms with Crippen molar-refractivity contribution in [1.82, 2.24) is 30.5 Å².